The fraction of sp³-hybridized carbons (Fsp3) is 0.0833. The third-order valence-corrected chi connectivity index (χ3v) is 5.64. The van der Waals surface area contributed by atoms with Gasteiger partial charge in [0, 0.05) is 39.2 Å². The molecule has 0 amide bonds. The van der Waals surface area contributed by atoms with Crippen molar-refractivity contribution in [3.8, 4) is 11.1 Å². The van der Waals surface area contributed by atoms with Gasteiger partial charge in [0.2, 0.25) is 0 Å². The van der Waals surface area contributed by atoms with Crippen molar-refractivity contribution in [3.63, 3.8) is 0 Å². The first-order valence-electron chi connectivity index (χ1n) is 9.12. The highest BCUT2D eigenvalue weighted by Crippen LogP contribution is 2.42. The van der Waals surface area contributed by atoms with Crippen LogP contribution < -0.4 is 0 Å². The molecule has 0 saturated heterocycles. The molecule has 1 aliphatic rings. The molecule has 0 unspecified atom stereocenters. The molecule has 0 aliphatic heterocycles. The van der Waals surface area contributed by atoms with Crippen LogP contribution in [0.4, 0.5) is 0 Å². The predicted octanol–water partition coefficient (Wildman–Crippen LogP) is 7.61. The Labute approximate surface area is 160 Å². The average molecular weight is 371 g/mol. The molecule has 0 fully saturated rings. The number of allylic oxidation sites excluding steroid dienone is 1. The molecule has 0 spiro atoms. The first-order valence-corrected chi connectivity index (χ1v) is 9.49. The molecule has 0 radical (unpaired) electrons. The average Bonchev–Trinajstić information content (AvgIpc) is 3.25. The number of aryl methyl sites for hydroxylation is 1. The van der Waals surface area contributed by atoms with Gasteiger partial charge in [-0.3, -0.25) is 0 Å². The molecular weight excluding hydrogens is 356 g/mol. The second-order valence-corrected chi connectivity index (χ2v) is 7.42. The van der Waals surface area contributed by atoms with Crippen molar-refractivity contribution in [2.75, 3.05) is 0 Å². The van der Waals surface area contributed by atoms with E-state index in [1.54, 1.807) is 0 Å². The summed E-state index contributed by atoms with van der Waals surface area (Å²) in [6.07, 6.45) is 6.41. The second kappa shape index (κ2) is 5.51. The molecule has 0 saturated carbocycles. The molecule has 0 atom stereocenters. The van der Waals surface area contributed by atoms with E-state index in [4.69, 9.17) is 20.4 Å². The Kier molecular flexibility index (Phi) is 3.09. The van der Waals surface area contributed by atoms with Crippen LogP contribution in [-0.2, 0) is 6.42 Å². The molecule has 2 heterocycles. The monoisotopic (exact) mass is 370 g/mol. The van der Waals surface area contributed by atoms with E-state index in [9.17, 15) is 0 Å². The van der Waals surface area contributed by atoms with Crippen LogP contribution in [0.15, 0.2) is 69.5 Å². The Bertz CT molecular complexity index is 1380. The van der Waals surface area contributed by atoms with E-state index < -0.39 is 0 Å². The van der Waals surface area contributed by atoms with Gasteiger partial charge in [-0.25, -0.2) is 0 Å². The number of hydrogen-bond donors (Lipinski definition) is 0. The van der Waals surface area contributed by atoms with E-state index in [0.717, 1.165) is 51.7 Å². The zero-order chi connectivity index (χ0) is 18.0. The van der Waals surface area contributed by atoms with Crippen molar-refractivity contribution in [1.82, 2.24) is 0 Å². The van der Waals surface area contributed by atoms with Gasteiger partial charge in [-0.1, -0.05) is 48.0 Å². The van der Waals surface area contributed by atoms with Crippen molar-refractivity contribution < 1.29 is 8.83 Å². The molecule has 1 aliphatic carbocycles. The summed E-state index contributed by atoms with van der Waals surface area (Å²) >= 11 is 6.17. The van der Waals surface area contributed by atoms with Gasteiger partial charge in [0.15, 0.2) is 0 Å². The second-order valence-electron chi connectivity index (χ2n) is 6.98. The lowest BCUT2D eigenvalue weighted by molar-refractivity contribution is 0.546. The quantitative estimate of drug-likeness (QED) is 0.303. The number of benzene rings is 3. The summed E-state index contributed by atoms with van der Waals surface area (Å²) < 4.78 is 12.2. The first kappa shape index (κ1) is 15.1. The molecule has 3 aromatic carbocycles. The Balaban J connectivity index is 1.75. The summed E-state index contributed by atoms with van der Waals surface area (Å²) in [6, 6.07) is 18.3. The van der Waals surface area contributed by atoms with Gasteiger partial charge >= 0.3 is 0 Å². The smallest absolute Gasteiger partial charge is 0.136 e. The summed E-state index contributed by atoms with van der Waals surface area (Å²) in [6.45, 7) is 0. The summed E-state index contributed by atoms with van der Waals surface area (Å²) in [7, 11) is 0. The maximum atomic E-state index is 6.17. The molecule has 6 rings (SSSR count). The van der Waals surface area contributed by atoms with Gasteiger partial charge in [-0.2, -0.15) is 0 Å². The molecule has 130 valence electrons. The highest BCUT2D eigenvalue weighted by Gasteiger charge is 2.20. The zero-order valence-corrected chi connectivity index (χ0v) is 15.2. The number of halogens is 1. The predicted molar refractivity (Wildman–Crippen MR) is 111 cm³/mol. The van der Waals surface area contributed by atoms with Crippen molar-refractivity contribution in [3.05, 3.63) is 77.0 Å². The van der Waals surface area contributed by atoms with Gasteiger partial charge in [-0.15, -0.1) is 0 Å². The molecule has 3 heteroatoms. The molecule has 5 aromatic rings. The minimum atomic E-state index is 0.680. The Morgan fingerprint density at radius 2 is 1.56 bits per heavy atom. The first-order chi connectivity index (χ1) is 13.3. The van der Waals surface area contributed by atoms with Crippen LogP contribution in [0.25, 0.3) is 50.1 Å². The summed E-state index contributed by atoms with van der Waals surface area (Å²) in [5.41, 5.74) is 6.16. The topological polar surface area (TPSA) is 26.3 Å². The molecular formula is C24H15ClO2. The lowest BCUT2D eigenvalue weighted by Gasteiger charge is -2.08. The highest BCUT2D eigenvalue weighted by molar-refractivity contribution is 6.31. The lowest BCUT2D eigenvalue weighted by atomic mass is 9.93. The molecule has 0 bridgehead atoms. The molecule has 0 N–H and O–H groups in total. The largest absolute Gasteiger partial charge is 0.460 e. The number of hydrogen-bond acceptors (Lipinski definition) is 2. The minimum Gasteiger partial charge on any atom is -0.460 e. The van der Waals surface area contributed by atoms with E-state index in [2.05, 4.69) is 36.4 Å². The van der Waals surface area contributed by atoms with Crippen LogP contribution in [0, 0.1) is 0 Å². The summed E-state index contributed by atoms with van der Waals surface area (Å²) in [4.78, 5) is 0. The third-order valence-electron chi connectivity index (χ3n) is 5.40. The maximum Gasteiger partial charge on any atom is 0.136 e. The van der Waals surface area contributed by atoms with Crippen molar-refractivity contribution in [2.24, 2.45) is 0 Å². The van der Waals surface area contributed by atoms with Crippen LogP contribution in [0.3, 0.4) is 0 Å². The normalized spacial score (nSPS) is 13.7. The van der Waals surface area contributed by atoms with Crippen molar-refractivity contribution in [2.45, 2.75) is 12.8 Å². The van der Waals surface area contributed by atoms with E-state index in [1.165, 1.54) is 16.5 Å². The van der Waals surface area contributed by atoms with Crippen LogP contribution in [0.2, 0.25) is 5.02 Å². The van der Waals surface area contributed by atoms with E-state index in [1.807, 2.05) is 30.3 Å². The van der Waals surface area contributed by atoms with Crippen LogP contribution in [0.1, 0.15) is 17.7 Å². The van der Waals surface area contributed by atoms with Gasteiger partial charge in [0.05, 0.1) is 0 Å². The van der Waals surface area contributed by atoms with E-state index in [-0.39, 0.29) is 0 Å². The van der Waals surface area contributed by atoms with Gasteiger partial charge in [0.1, 0.15) is 22.5 Å². The standard InChI is InChI=1S/C24H15ClO2/c25-14-11-12-18-22(13-14)27-21-10-4-7-16(24(18)21)15-6-3-9-20-23(15)17-5-1-2-8-19(17)26-20/h1,3-7,9-13H,2,8H2. The number of fused-ring (bicyclic) bond motifs is 6. The fourth-order valence-electron chi connectivity index (χ4n) is 4.25. The SMILES string of the molecule is Clc1ccc2c(c1)oc1cccc(-c3cccc4oc5c(c34)C=CCC5)c12. The molecule has 2 nitrogen and oxygen atoms in total. The van der Waals surface area contributed by atoms with Gasteiger partial charge in [-0.05, 0) is 41.8 Å². The van der Waals surface area contributed by atoms with Crippen molar-refractivity contribution >= 4 is 50.6 Å². The van der Waals surface area contributed by atoms with Crippen LogP contribution in [0.5, 0.6) is 0 Å². The third kappa shape index (κ3) is 2.14. The fourth-order valence-corrected chi connectivity index (χ4v) is 4.41. The summed E-state index contributed by atoms with van der Waals surface area (Å²) in [5, 5.41) is 4.06. The Morgan fingerprint density at radius 1 is 0.778 bits per heavy atom. The maximum absolute atomic E-state index is 6.17. The lowest BCUT2D eigenvalue weighted by Crippen LogP contribution is -1.89. The van der Waals surface area contributed by atoms with E-state index >= 15 is 0 Å². The van der Waals surface area contributed by atoms with Crippen LogP contribution >= 0.6 is 11.6 Å². The number of rotatable bonds is 1. The highest BCUT2D eigenvalue weighted by atomic mass is 35.5. The molecule has 27 heavy (non-hydrogen) atoms. The van der Waals surface area contributed by atoms with Gasteiger partial charge in [0.25, 0.3) is 0 Å². The van der Waals surface area contributed by atoms with Gasteiger partial charge < -0.3 is 8.83 Å². The summed E-state index contributed by atoms with van der Waals surface area (Å²) in [5.74, 6) is 1.08. The molecule has 2 aromatic heterocycles. The zero-order valence-electron chi connectivity index (χ0n) is 14.5. The minimum absolute atomic E-state index is 0.680. The van der Waals surface area contributed by atoms with E-state index in [0.29, 0.717) is 5.02 Å². The number of furan rings is 2. The van der Waals surface area contributed by atoms with Crippen molar-refractivity contribution in [1.29, 1.82) is 0 Å². The van der Waals surface area contributed by atoms with Crippen LogP contribution in [-0.4, -0.2) is 0 Å². The Morgan fingerprint density at radius 3 is 2.41 bits per heavy atom. The Hall–Kier alpha value is -2.97.